The Morgan fingerprint density at radius 3 is 2.45 bits per heavy atom. The number of anilines is 1. The quantitative estimate of drug-likeness (QED) is 0.476. The highest BCUT2D eigenvalue weighted by atomic mass is 16.3. The fourth-order valence-corrected chi connectivity index (χ4v) is 3.76. The fraction of sp³-hybridized carbons (Fsp3) is 0.200. The second-order valence-electron chi connectivity index (χ2n) is 7.63. The molecule has 2 heterocycles. The van der Waals surface area contributed by atoms with Crippen molar-refractivity contribution in [3.05, 3.63) is 94.1 Å². The first-order valence-corrected chi connectivity index (χ1v) is 9.73. The number of aryl methyl sites for hydroxylation is 4. The van der Waals surface area contributed by atoms with Crippen molar-refractivity contribution < 1.29 is 9.21 Å². The van der Waals surface area contributed by atoms with Gasteiger partial charge in [-0.05, 0) is 80.8 Å². The van der Waals surface area contributed by atoms with Crippen LogP contribution in [0.2, 0.25) is 0 Å². The number of fused-ring (bicyclic) bond motifs is 1. The maximum atomic E-state index is 12.6. The zero-order valence-electron chi connectivity index (χ0n) is 17.2. The molecule has 1 N–H and O–H groups in total. The average molecular weight is 384 g/mol. The molecule has 4 rings (SSSR count). The van der Waals surface area contributed by atoms with Gasteiger partial charge in [-0.15, -0.1) is 0 Å². The maximum Gasteiger partial charge on any atom is 0.291 e. The molecule has 0 atom stereocenters. The molecule has 4 aromatic rings. The van der Waals surface area contributed by atoms with Crippen molar-refractivity contribution in [1.82, 2.24) is 4.98 Å². The third-order valence-corrected chi connectivity index (χ3v) is 5.16. The first-order valence-electron chi connectivity index (χ1n) is 9.73. The van der Waals surface area contributed by atoms with Crippen LogP contribution in [0.4, 0.5) is 5.69 Å². The van der Waals surface area contributed by atoms with Gasteiger partial charge < -0.3 is 9.73 Å². The summed E-state index contributed by atoms with van der Waals surface area (Å²) in [4.78, 5) is 17.1. The molecule has 0 unspecified atom stereocenters. The largest absolute Gasteiger partial charge is 0.456 e. The van der Waals surface area contributed by atoms with E-state index in [0.29, 0.717) is 12.2 Å². The Kier molecular flexibility index (Phi) is 4.93. The number of rotatable bonds is 4. The van der Waals surface area contributed by atoms with E-state index in [9.17, 15) is 4.79 Å². The van der Waals surface area contributed by atoms with E-state index in [-0.39, 0.29) is 5.91 Å². The lowest BCUT2D eigenvalue weighted by Crippen LogP contribution is -2.10. The monoisotopic (exact) mass is 384 g/mol. The van der Waals surface area contributed by atoms with Gasteiger partial charge in [-0.1, -0.05) is 23.8 Å². The smallest absolute Gasteiger partial charge is 0.291 e. The Bertz CT molecular complexity index is 1200. The van der Waals surface area contributed by atoms with Gasteiger partial charge in [0.1, 0.15) is 5.76 Å². The molecule has 29 heavy (non-hydrogen) atoms. The van der Waals surface area contributed by atoms with Crippen LogP contribution < -0.4 is 5.32 Å². The Hall–Kier alpha value is -3.40. The molecule has 2 aromatic heterocycles. The lowest BCUT2D eigenvalue weighted by Gasteiger charge is -2.10. The summed E-state index contributed by atoms with van der Waals surface area (Å²) in [6, 6.07) is 17.6. The lowest BCUT2D eigenvalue weighted by atomic mass is 9.97. The van der Waals surface area contributed by atoms with Crippen LogP contribution in [0, 0.1) is 27.7 Å². The number of furan rings is 1. The SMILES string of the molecule is Cc1cc(C)c(Cc2ccc(C(=O)Nc3ccc4nc(C)ccc4c3)o2)c(C)c1. The van der Waals surface area contributed by atoms with Gasteiger partial charge in [-0.25, -0.2) is 0 Å². The molecule has 0 saturated heterocycles. The van der Waals surface area contributed by atoms with Crippen molar-refractivity contribution in [3.8, 4) is 0 Å². The number of benzene rings is 2. The maximum absolute atomic E-state index is 12.6. The highest BCUT2D eigenvalue weighted by molar-refractivity contribution is 6.03. The van der Waals surface area contributed by atoms with Gasteiger partial charge >= 0.3 is 0 Å². The zero-order chi connectivity index (χ0) is 20.5. The average Bonchev–Trinajstić information content (AvgIpc) is 3.14. The number of carbonyl (C=O) groups excluding carboxylic acids is 1. The fourth-order valence-electron chi connectivity index (χ4n) is 3.76. The van der Waals surface area contributed by atoms with E-state index in [0.717, 1.165) is 28.0 Å². The molecule has 4 heteroatoms. The summed E-state index contributed by atoms with van der Waals surface area (Å²) in [5.41, 5.74) is 7.58. The minimum Gasteiger partial charge on any atom is -0.456 e. The molecular formula is C25H24N2O2. The summed E-state index contributed by atoms with van der Waals surface area (Å²) in [5, 5.41) is 3.90. The van der Waals surface area contributed by atoms with Gasteiger partial charge in [0.15, 0.2) is 5.76 Å². The van der Waals surface area contributed by atoms with Crippen LogP contribution in [-0.2, 0) is 6.42 Å². The number of aromatic nitrogens is 1. The Balaban J connectivity index is 1.51. The standard InChI is InChI=1S/C25H24N2O2/c1-15-11-16(2)22(17(3)12-15)14-21-8-10-24(29-21)25(28)27-20-7-9-23-19(13-20)6-5-18(4)26-23/h5-13H,14H2,1-4H3,(H,27,28). The molecule has 2 aromatic carbocycles. The van der Waals surface area contributed by atoms with Crippen LogP contribution in [-0.4, -0.2) is 10.9 Å². The number of pyridine rings is 1. The van der Waals surface area contributed by atoms with E-state index in [1.165, 1.54) is 22.3 Å². The molecule has 0 aliphatic rings. The van der Waals surface area contributed by atoms with Crippen LogP contribution in [0.3, 0.4) is 0 Å². The predicted molar refractivity (Wildman–Crippen MR) is 117 cm³/mol. The molecule has 0 aliphatic carbocycles. The molecular weight excluding hydrogens is 360 g/mol. The minimum absolute atomic E-state index is 0.256. The molecule has 0 bridgehead atoms. The van der Waals surface area contributed by atoms with Crippen LogP contribution in [0.5, 0.6) is 0 Å². The molecule has 0 spiro atoms. The van der Waals surface area contributed by atoms with Gasteiger partial charge in [-0.2, -0.15) is 0 Å². The molecule has 1 amide bonds. The van der Waals surface area contributed by atoms with Crippen molar-refractivity contribution in [2.45, 2.75) is 34.1 Å². The van der Waals surface area contributed by atoms with E-state index >= 15 is 0 Å². The molecule has 0 radical (unpaired) electrons. The predicted octanol–water partition coefficient (Wildman–Crippen LogP) is 5.90. The normalized spacial score (nSPS) is 11.0. The Morgan fingerprint density at radius 2 is 1.69 bits per heavy atom. The van der Waals surface area contributed by atoms with Gasteiger partial charge in [-0.3, -0.25) is 9.78 Å². The molecule has 0 saturated carbocycles. The van der Waals surface area contributed by atoms with Crippen LogP contribution >= 0.6 is 0 Å². The third kappa shape index (κ3) is 4.06. The van der Waals surface area contributed by atoms with Crippen molar-refractivity contribution in [1.29, 1.82) is 0 Å². The van der Waals surface area contributed by atoms with Crippen molar-refractivity contribution in [3.63, 3.8) is 0 Å². The highest BCUT2D eigenvalue weighted by Gasteiger charge is 2.14. The lowest BCUT2D eigenvalue weighted by molar-refractivity contribution is 0.0995. The molecule has 4 nitrogen and oxygen atoms in total. The van der Waals surface area contributed by atoms with Crippen molar-refractivity contribution >= 4 is 22.5 Å². The molecule has 146 valence electrons. The first kappa shape index (κ1) is 18.9. The van der Waals surface area contributed by atoms with Gasteiger partial charge in [0.25, 0.3) is 5.91 Å². The van der Waals surface area contributed by atoms with E-state index in [4.69, 9.17) is 4.42 Å². The minimum atomic E-state index is -0.256. The van der Waals surface area contributed by atoms with Crippen molar-refractivity contribution in [2.75, 3.05) is 5.32 Å². The van der Waals surface area contributed by atoms with E-state index in [1.54, 1.807) is 6.07 Å². The summed E-state index contributed by atoms with van der Waals surface area (Å²) in [7, 11) is 0. The van der Waals surface area contributed by atoms with E-state index < -0.39 is 0 Å². The Morgan fingerprint density at radius 1 is 0.931 bits per heavy atom. The number of nitrogens with one attached hydrogen (secondary N) is 1. The third-order valence-electron chi connectivity index (χ3n) is 5.16. The zero-order valence-corrected chi connectivity index (χ0v) is 17.2. The molecule has 0 fully saturated rings. The summed E-state index contributed by atoms with van der Waals surface area (Å²) in [6.07, 6.45) is 0.673. The summed E-state index contributed by atoms with van der Waals surface area (Å²) in [5.74, 6) is 0.834. The number of hydrogen-bond donors (Lipinski definition) is 1. The number of carbonyl (C=O) groups is 1. The van der Waals surface area contributed by atoms with Crippen LogP contribution in [0.25, 0.3) is 10.9 Å². The van der Waals surface area contributed by atoms with Gasteiger partial charge in [0, 0.05) is 23.2 Å². The van der Waals surface area contributed by atoms with Gasteiger partial charge in [0.05, 0.1) is 5.52 Å². The topological polar surface area (TPSA) is 55.1 Å². The second kappa shape index (κ2) is 7.55. The summed E-state index contributed by atoms with van der Waals surface area (Å²) < 4.78 is 5.84. The molecule has 0 aliphatic heterocycles. The number of hydrogen-bond acceptors (Lipinski definition) is 3. The van der Waals surface area contributed by atoms with Gasteiger partial charge in [0.2, 0.25) is 0 Å². The first-order chi connectivity index (χ1) is 13.9. The summed E-state index contributed by atoms with van der Waals surface area (Å²) in [6.45, 7) is 8.29. The van der Waals surface area contributed by atoms with Crippen LogP contribution in [0.15, 0.2) is 59.0 Å². The van der Waals surface area contributed by atoms with Crippen molar-refractivity contribution in [2.24, 2.45) is 0 Å². The van der Waals surface area contributed by atoms with E-state index in [2.05, 4.69) is 43.2 Å². The Labute approximate surface area is 170 Å². The van der Waals surface area contributed by atoms with E-state index in [1.807, 2.05) is 43.3 Å². The number of nitrogens with zero attached hydrogens (tertiary/aromatic N) is 1. The number of amides is 1. The second-order valence-corrected chi connectivity index (χ2v) is 7.63. The van der Waals surface area contributed by atoms with Crippen LogP contribution in [0.1, 0.15) is 44.3 Å². The highest BCUT2D eigenvalue weighted by Crippen LogP contribution is 2.23. The summed E-state index contributed by atoms with van der Waals surface area (Å²) >= 11 is 0.